The standard InChI is InChI=1S/C26H27ClN2O6S/c1-3-34-21-13-19(12-20(27)24(21)35-16-18-6-4-5-17(2)11-18)14-22-25(31)29(26(32)36-22)15-23(30)28-7-9-33-10-8-28/h4-6,11-14H,3,7-10,15-16H2,1-2H3/b22-14+. The lowest BCUT2D eigenvalue weighted by Gasteiger charge is -2.28. The molecule has 2 aliphatic rings. The maximum absolute atomic E-state index is 12.9. The Balaban J connectivity index is 1.50. The predicted molar refractivity (Wildman–Crippen MR) is 138 cm³/mol. The van der Waals surface area contributed by atoms with Crippen LogP contribution in [0.2, 0.25) is 5.02 Å². The minimum atomic E-state index is -0.513. The highest BCUT2D eigenvalue weighted by Crippen LogP contribution is 2.39. The lowest BCUT2D eigenvalue weighted by atomic mass is 10.1. The van der Waals surface area contributed by atoms with Crippen molar-refractivity contribution in [1.29, 1.82) is 0 Å². The first-order valence-corrected chi connectivity index (χ1v) is 12.8. The number of carbonyl (C=O) groups excluding carboxylic acids is 3. The maximum atomic E-state index is 12.9. The van der Waals surface area contributed by atoms with Gasteiger partial charge in [-0.15, -0.1) is 0 Å². The van der Waals surface area contributed by atoms with Gasteiger partial charge in [-0.05, 0) is 54.9 Å². The molecule has 2 saturated heterocycles. The molecule has 8 nitrogen and oxygen atoms in total. The molecule has 2 fully saturated rings. The fourth-order valence-electron chi connectivity index (χ4n) is 3.87. The van der Waals surface area contributed by atoms with Gasteiger partial charge >= 0.3 is 0 Å². The second-order valence-corrected chi connectivity index (χ2v) is 9.70. The SMILES string of the molecule is CCOc1cc(/C=C2/SC(=O)N(CC(=O)N3CCOCC3)C2=O)cc(Cl)c1OCc1cccc(C)c1. The van der Waals surface area contributed by atoms with Gasteiger partial charge in [-0.2, -0.15) is 0 Å². The van der Waals surface area contributed by atoms with Crippen molar-refractivity contribution < 1.29 is 28.6 Å². The van der Waals surface area contributed by atoms with E-state index in [0.717, 1.165) is 27.8 Å². The van der Waals surface area contributed by atoms with Crippen LogP contribution < -0.4 is 9.47 Å². The molecule has 4 rings (SSSR count). The van der Waals surface area contributed by atoms with Crippen LogP contribution in [0.3, 0.4) is 0 Å². The summed E-state index contributed by atoms with van der Waals surface area (Å²) >= 11 is 7.33. The summed E-state index contributed by atoms with van der Waals surface area (Å²) in [5.41, 5.74) is 2.71. The Morgan fingerprint density at radius 3 is 2.67 bits per heavy atom. The zero-order chi connectivity index (χ0) is 25.7. The van der Waals surface area contributed by atoms with E-state index in [4.69, 9.17) is 25.8 Å². The fraction of sp³-hybridized carbons (Fsp3) is 0.346. The third-order valence-electron chi connectivity index (χ3n) is 5.63. The van der Waals surface area contributed by atoms with Gasteiger partial charge in [0.05, 0.1) is 29.7 Å². The number of benzene rings is 2. The number of ether oxygens (including phenoxy) is 3. The Kier molecular flexibility index (Phi) is 8.56. The number of hydrogen-bond donors (Lipinski definition) is 0. The number of amides is 3. The Labute approximate surface area is 219 Å². The summed E-state index contributed by atoms with van der Waals surface area (Å²) in [4.78, 5) is 40.7. The molecule has 0 bridgehead atoms. The topological polar surface area (TPSA) is 85.4 Å². The summed E-state index contributed by atoms with van der Waals surface area (Å²) < 4.78 is 17.0. The second kappa shape index (κ2) is 11.8. The van der Waals surface area contributed by atoms with Gasteiger partial charge in [-0.3, -0.25) is 19.3 Å². The maximum Gasteiger partial charge on any atom is 0.294 e. The fourth-order valence-corrected chi connectivity index (χ4v) is 4.98. The first-order valence-electron chi connectivity index (χ1n) is 11.6. The lowest BCUT2D eigenvalue weighted by molar-refractivity contribution is -0.139. The third kappa shape index (κ3) is 6.21. The molecule has 0 saturated carbocycles. The van der Waals surface area contributed by atoms with Crippen molar-refractivity contribution in [2.75, 3.05) is 39.5 Å². The van der Waals surface area contributed by atoms with Gasteiger partial charge in [0.25, 0.3) is 11.1 Å². The number of nitrogens with zero attached hydrogens (tertiary/aromatic N) is 2. The van der Waals surface area contributed by atoms with E-state index in [1.165, 1.54) is 0 Å². The summed E-state index contributed by atoms with van der Waals surface area (Å²) in [6, 6.07) is 11.3. The lowest BCUT2D eigenvalue weighted by Crippen LogP contribution is -2.46. The molecular weight excluding hydrogens is 504 g/mol. The van der Waals surface area contributed by atoms with Crippen molar-refractivity contribution in [3.8, 4) is 11.5 Å². The van der Waals surface area contributed by atoms with Crippen LogP contribution in [-0.2, 0) is 20.9 Å². The first kappa shape index (κ1) is 26.1. The van der Waals surface area contributed by atoms with Gasteiger partial charge in [0.1, 0.15) is 13.2 Å². The van der Waals surface area contributed by atoms with Crippen molar-refractivity contribution in [3.05, 3.63) is 63.0 Å². The summed E-state index contributed by atoms with van der Waals surface area (Å²) in [6.45, 7) is 6.06. The van der Waals surface area contributed by atoms with Crippen LogP contribution in [0, 0.1) is 6.92 Å². The van der Waals surface area contributed by atoms with E-state index in [2.05, 4.69) is 0 Å². The van der Waals surface area contributed by atoms with Gasteiger partial charge in [0.2, 0.25) is 5.91 Å². The number of aryl methyl sites for hydroxylation is 1. The number of rotatable bonds is 8. The Hall–Kier alpha value is -3.01. The van der Waals surface area contributed by atoms with Crippen LogP contribution >= 0.6 is 23.4 Å². The minimum absolute atomic E-state index is 0.210. The Bertz CT molecular complexity index is 1190. The van der Waals surface area contributed by atoms with Crippen LogP contribution in [0.25, 0.3) is 6.08 Å². The average Bonchev–Trinajstić information content (AvgIpc) is 3.11. The molecule has 0 aromatic heterocycles. The molecule has 0 radical (unpaired) electrons. The minimum Gasteiger partial charge on any atom is -0.490 e. The van der Waals surface area contributed by atoms with E-state index >= 15 is 0 Å². The average molecular weight is 531 g/mol. The van der Waals surface area contributed by atoms with E-state index in [9.17, 15) is 14.4 Å². The van der Waals surface area contributed by atoms with E-state index in [-0.39, 0.29) is 17.4 Å². The number of halogens is 1. The van der Waals surface area contributed by atoms with E-state index in [1.807, 2.05) is 38.1 Å². The summed E-state index contributed by atoms with van der Waals surface area (Å²) in [5.74, 6) is 0.0473. The summed E-state index contributed by atoms with van der Waals surface area (Å²) in [5, 5.41) is -0.163. The molecule has 10 heteroatoms. The molecule has 3 amide bonds. The van der Waals surface area contributed by atoms with Crippen LogP contribution in [0.1, 0.15) is 23.6 Å². The van der Waals surface area contributed by atoms with E-state index in [1.54, 1.807) is 23.1 Å². The molecular formula is C26H27ClN2O6S. The van der Waals surface area contributed by atoms with Crippen LogP contribution in [-0.4, -0.2) is 66.3 Å². The Morgan fingerprint density at radius 1 is 1.17 bits per heavy atom. The van der Waals surface area contributed by atoms with E-state index < -0.39 is 11.1 Å². The molecule has 2 aliphatic heterocycles. The van der Waals surface area contributed by atoms with Gasteiger partial charge in [-0.1, -0.05) is 41.4 Å². The molecule has 190 valence electrons. The Morgan fingerprint density at radius 2 is 1.94 bits per heavy atom. The quantitative estimate of drug-likeness (QED) is 0.464. The number of morpholine rings is 1. The van der Waals surface area contributed by atoms with Crippen LogP contribution in [0.15, 0.2) is 41.3 Å². The normalized spacial score (nSPS) is 17.1. The molecule has 0 N–H and O–H groups in total. The van der Waals surface area contributed by atoms with Gasteiger partial charge in [0, 0.05) is 13.1 Å². The van der Waals surface area contributed by atoms with Crippen molar-refractivity contribution >= 4 is 46.5 Å². The van der Waals surface area contributed by atoms with Crippen molar-refractivity contribution in [3.63, 3.8) is 0 Å². The first-order chi connectivity index (χ1) is 17.4. The zero-order valence-electron chi connectivity index (χ0n) is 20.1. The van der Waals surface area contributed by atoms with Gasteiger partial charge < -0.3 is 19.1 Å². The predicted octanol–water partition coefficient (Wildman–Crippen LogP) is 4.52. The van der Waals surface area contributed by atoms with Crippen molar-refractivity contribution in [1.82, 2.24) is 9.80 Å². The number of thioether (sulfide) groups is 1. The van der Waals surface area contributed by atoms with Gasteiger partial charge in [0.15, 0.2) is 11.5 Å². The molecule has 36 heavy (non-hydrogen) atoms. The second-order valence-electron chi connectivity index (χ2n) is 8.30. The summed E-state index contributed by atoms with van der Waals surface area (Å²) in [7, 11) is 0. The third-order valence-corrected chi connectivity index (χ3v) is 6.81. The molecule has 0 aliphatic carbocycles. The molecule has 2 heterocycles. The van der Waals surface area contributed by atoms with Crippen molar-refractivity contribution in [2.45, 2.75) is 20.5 Å². The highest BCUT2D eigenvalue weighted by atomic mass is 35.5. The highest BCUT2D eigenvalue weighted by molar-refractivity contribution is 8.18. The van der Waals surface area contributed by atoms with Crippen LogP contribution in [0.5, 0.6) is 11.5 Å². The van der Waals surface area contributed by atoms with Crippen LogP contribution in [0.4, 0.5) is 4.79 Å². The van der Waals surface area contributed by atoms with Crippen molar-refractivity contribution in [2.24, 2.45) is 0 Å². The van der Waals surface area contributed by atoms with Gasteiger partial charge in [-0.25, -0.2) is 0 Å². The zero-order valence-corrected chi connectivity index (χ0v) is 21.7. The molecule has 0 atom stereocenters. The molecule has 0 unspecified atom stereocenters. The molecule has 0 spiro atoms. The largest absolute Gasteiger partial charge is 0.490 e. The smallest absolute Gasteiger partial charge is 0.294 e. The number of imide groups is 1. The monoisotopic (exact) mass is 530 g/mol. The summed E-state index contributed by atoms with van der Waals surface area (Å²) in [6.07, 6.45) is 1.57. The molecule has 2 aromatic rings. The molecule has 2 aromatic carbocycles. The number of carbonyl (C=O) groups is 3. The van der Waals surface area contributed by atoms with E-state index in [0.29, 0.717) is 61.6 Å². The number of hydrogen-bond acceptors (Lipinski definition) is 7. The highest BCUT2D eigenvalue weighted by Gasteiger charge is 2.37.